The molecule has 0 bridgehead atoms. The Morgan fingerprint density at radius 3 is 2.83 bits per heavy atom. The van der Waals surface area contributed by atoms with Gasteiger partial charge in [-0.15, -0.1) is 11.3 Å². The van der Waals surface area contributed by atoms with Crippen LogP contribution >= 0.6 is 34.5 Å². The fourth-order valence-electron chi connectivity index (χ4n) is 4.51. The summed E-state index contributed by atoms with van der Waals surface area (Å²) < 4.78 is 12.6. The Labute approximate surface area is 224 Å². The van der Waals surface area contributed by atoms with Crippen molar-refractivity contribution in [2.75, 3.05) is 32.8 Å². The molecule has 0 radical (unpaired) electrons. The second-order valence-corrected chi connectivity index (χ2v) is 11.3. The Hall–Kier alpha value is -2.20. The van der Waals surface area contributed by atoms with Gasteiger partial charge in [0, 0.05) is 49.9 Å². The summed E-state index contributed by atoms with van der Waals surface area (Å²) in [5, 5.41) is 16.8. The van der Waals surface area contributed by atoms with Gasteiger partial charge in [0.1, 0.15) is 24.2 Å². The van der Waals surface area contributed by atoms with Gasteiger partial charge in [-0.1, -0.05) is 34.4 Å². The summed E-state index contributed by atoms with van der Waals surface area (Å²) in [5.74, 6) is 1.54. The molecule has 2 atom stereocenters. The highest BCUT2D eigenvalue weighted by Crippen LogP contribution is 2.29. The van der Waals surface area contributed by atoms with Gasteiger partial charge in [-0.05, 0) is 38.1 Å². The van der Waals surface area contributed by atoms with Gasteiger partial charge in [-0.25, -0.2) is 4.98 Å². The quantitative estimate of drug-likeness (QED) is 0.312. The first kappa shape index (κ1) is 25.4. The Kier molecular flexibility index (Phi) is 7.81. The van der Waals surface area contributed by atoms with E-state index < -0.39 is 6.10 Å². The van der Waals surface area contributed by atoms with Crippen molar-refractivity contribution in [3.63, 3.8) is 0 Å². The van der Waals surface area contributed by atoms with Crippen molar-refractivity contribution in [3.05, 3.63) is 63.3 Å². The Balaban J connectivity index is 1.10. The molecule has 1 saturated heterocycles. The molecule has 0 unspecified atom stereocenters. The van der Waals surface area contributed by atoms with Crippen LogP contribution in [0.1, 0.15) is 17.7 Å². The highest BCUT2D eigenvalue weighted by atomic mass is 35.5. The number of aryl methyl sites for hydroxylation is 1. The fourth-order valence-corrected chi connectivity index (χ4v) is 5.62. The van der Waals surface area contributed by atoms with Gasteiger partial charge in [0.15, 0.2) is 5.76 Å². The van der Waals surface area contributed by atoms with Gasteiger partial charge in [0.2, 0.25) is 0 Å². The van der Waals surface area contributed by atoms with Crippen molar-refractivity contribution < 1.29 is 14.4 Å². The van der Waals surface area contributed by atoms with Gasteiger partial charge in [-0.2, -0.15) is 0 Å². The number of nitrogens with zero attached hydrogens (tertiary/aromatic N) is 4. The molecule has 3 heterocycles. The topological polar surface area (TPSA) is 74.9 Å². The van der Waals surface area contributed by atoms with E-state index in [9.17, 15) is 5.11 Å². The van der Waals surface area contributed by atoms with E-state index in [1.807, 2.05) is 37.3 Å². The van der Waals surface area contributed by atoms with Crippen molar-refractivity contribution in [3.8, 4) is 17.0 Å². The van der Waals surface area contributed by atoms with Crippen LogP contribution in [0, 0.1) is 6.92 Å². The van der Waals surface area contributed by atoms with Crippen molar-refractivity contribution in [1.29, 1.82) is 0 Å². The number of hydrogen-bond acceptors (Lipinski definition) is 8. The van der Waals surface area contributed by atoms with Gasteiger partial charge in [-0.3, -0.25) is 9.80 Å². The molecule has 1 aliphatic heterocycles. The molecule has 2 aromatic heterocycles. The van der Waals surface area contributed by atoms with Crippen molar-refractivity contribution >= 4 is 44.8 Å². The first-order valence-corrected chi connectivity index (χ1v) is 13.5. The summed E-state index contributed by atoms with van der Waals surface area (Å²) in [6, 6.07) is 13.6. The van der Waals surface area contributed by atoms with Gasteiger partial charge in [0.05, 0.1) is 31.8 Å². The SMILES string of the molecule is Cc1nc2cc(OC[C@@H](O)CN3CCN(Cc4cc(-c5ccc(Cl)c(Cl)c5)no4)C[C@@H]3C)ccc2s1. The summed E-state index contributed by atoms with van der Waals surface area (Å²) in [4.78, 5) is 9.15. The number of fused-ring (bicyclic) bond motifs is 1. The van der Waals surface area contributed by atoms with Crippen LogP contribution in [0.25, 0.3) is 21.5 Å². The summed E-state index contributed by atoms with van der Waals surface area (Å²) in [5.41, 5.74) is 2.54. The Bertz CT molecular complexity index is 1340. The zero-order valence-electron chi connectivity index (χ0n) is 20.2. The lowest BCUT2D eigenvalue weighted by Crippen LogP contribution is -2.53. The van der Waals surface area contributed by atoms with Crippen LogP contribution in [0.3, 0.4) is 0 Å². The number of aliphatic hydroxyl groups excluding tert-OH is 1. The molecule has 7 nitrogen and oxygen atoms in total. The minimum Gasteiger partial charge on any atom is -0.491 e. The molecule has 4 aromatic rings. The largest absolute Gasteiger partial charge is 0.491 e. The zero-order chi connectivity index (χ0) is 25.2. The van der Waals surface area contributed by atoms with E-state index in [0.29, 0.717) is 29.2 Å². The van der Waals surface area contributed by atoms with Crippen LogP contribution in [0.4, 0.5) is 0 Å². The molecule has 0 aliphatic carbocycles. The molecular weight excluding hydrogens is 519 g/mol. The summed E-state index contributed by atoms with van der Waals surface area (Å²) in [6.45, 7) is 8.27. The number of aliphatic hydroxyl groups is 1. The fraction of sp³-hybridized carbons (Fsp3) is 0.385. The van der Waals surface area contributed by atoms with Crippen LogP contribution in [0.15, 0.2) is 47.0 Å². The van der Waals surface area contributed by atoms with Crippen LogP contribution in [0.5, 0.6) is 5.75 Å². The molecule has 190 valence electrons. The highest BCUT2D eigenvalue weighted by molar-refractivity contribution is 7.18. The predicted molar refractivity (Wildman–Crippen MR) is 144 cm³/mol. The number of halogens is 2. The summed E-state index contributed by atoms with van der Waals surface area (Å²) >= 11 is 13.8. The third-order valence-corrected chi connectivity index (χ3v) is 8.05. The number of ether oxygens (including phenoxy) is 1. The van der Waals surface area contributed by atoms with E-state index >= 15 is 0 Å². The number of β-amino-alcohol motifs (C(OH)–C–C–N with tert-alkyl or cyclic N) is 1. The summed E-state index contributed by atoms with van der Waals surface area (Å²) in [6.07, 6.45) is -0.574. The van der Waals surface area contributed by atoms with E-state index in [2.05, 4.69) is 26.9 Å². The molecule has 1 fully saturated rings. The normalized spacial score (nSPS) is 18.1. The minimum atomic E-state index is -0.574. The molecule has 10 heteroatoms. The number of thiazole rings is 1. The monoisotopic (exact) mass is 546 g/mol. The maximum Gasteiger partial charge on any atom is 0.151 e. The third kappa shape index (κ3) is 6.02. The first-order valence-electron chi connectivity index (χ1n) is 11.9. The van der Waals surface area contributed by atoms with Gasteiger partial charge >= 0.3 is 0 Å². The van der Waals surface area contributed by atoms with Gasteiger partial charge in [0.25, 0.3) is 0 Å². The Morgan fingerprint density at radius 1 is 1.17 bits per heavy atom. The highest BCUT2D eigenvalue weighted by Gasteiger charge is 2.26. The predicted octanol–water partition coefficient (Wildman–Crippen LogP) is 5.51. The number of rotatable bonds is 8. The average Bonchev–Trinajstić information content (AvgIpc) is 3.46. The number of benzene rings is 2. The molecule has 0 spiro atoms. The zero-order valence-corrected chi connectivity index (χ0v) is 22.5. The lowest BCUT2D eigenvalue weighted by molar-refractivity contribution is 0.0178. The lowest BCUT2D eigenvalue weighted by Gasteiger charge is -2.40. The van der Waals surface area contributed by atoms with E-state index in [0.717, 1.165) is 57.6 Å². The molecule has 0 amide bonds. The van der Waals surface area contributed by atoms with Crippen molar-refractivity contribution in [2.24, 2.45) is 0 Å². The third-order valence-electron chi connectivity index (χ3n) is 6.36. The van der Waals surface area contributed by atoms with Crippen molar-refractivity contribution in [1.82, 2.24) is 19.9 Å². The smallest absolute Gasteiger partial charge is 0.151 e. The van der Waals surface area contributed by atoms with Crippen molar-refractivity contribution in [2.45, 2.75) is 32.5 Å². The molecule has 0 saturated carbocycles. The maximum absolute atomic E-state index is 10.6. The second kappa shape index (κ2) is 11.0. The number of aromatic nitrogens is 2. The van der Waals surface area contributed by atoms with Gasteiger partial charge < -0.3 is 14.4 Å². The first-order chi connectivity index (χ1) is 17.3. The lowest BCUT2D eigenvalue weighted by atomic mass is 10.1. The standard InChI is InChI=1S/C26H28Cl2N4O3S/c1-16-12-31(14-21-11-24(30-35-21)18-3-5-22(27)23(28)9-18)7-8-32(16)13-19(33)15-34-20-4-6-26-25(10-20)29-17(2)36-26/h3-6,9-11,16,19,33H,7-8,12-15H2,1-2H3/t16-,19-/m0/s1. The molecule has 1 aliphatic rings. The van der Waals surface area contributed by atoms with E-state index in [1.165, 1.54) is 0 Å². The molecular formula is C26H28Cl2N4O3S. The number of piperazine rings is 1. The van der Waals surface area contributed by atoms with Crippen LogP contribution < -0.4 is 4.74 Å². The van der Waals surface area contributed by atoms with Crippen LogP contribution in [0.2, 0.25) is 10.0 Å². The molecule has 1 N–H and O–H groups in total. The number of hydrogen-bond donors (Lipinski definition) is 1. The maximum atomic E-state index is 10.6. The van der Waals surface area contributed by atoms with Crippen LogP contribution in [-0.2, 0) is 6.54 Å². The molecule has 36 heavy (non-hydrogen) atoms. The van der Waals surface area contributed by atoms with Crippen LogP contribution in [-0.4, -0.2) is 70.0 Å². The van der Waals surface area contributed by atoms with E-state index in [-0.39, 0.29) is 6.61 Å². The molecule has 2 aromatic carbocycles. The minimum absolute atomic E-state index is 0.247. The average molecular weight is 548 g/mol. The van der Waals surface area contributed by atoms with E-state index in [1.54, 1.807) is 23.5 Å². The van der Waals surface area contributed by atoms with E-state index in [4.69, 9.17) is 32.5 Å². The summed E-state index contributed by atoms with van der Waals surface area (Å²) in [7, 11) is 0. The second-order valence-electron chi connectivity index (χ2n) is 9.21. The Morgan fingerprint density at radius 2 is 2.03 bits per heavy atom. The molecule has 5 rings (SSSR count).